The highest BCUT2D eigenvalue weighted by atomic mass is 79.9. The molecule has 0 atom stereocenters. The number of nitrogens with zero attached hydrogens (tertiary/aromatic N) is 3. The van der Waals surface area contributed by atoms with Crippen LogP contribution >= 0.6 is 15.9 Å². The molecular formula is C12H12BrN3O2. The van der Waals surface area contributed by atoms with Crippen molar-refractivity contribution < 1.29 is 5.11 Å². The van der Waals surface area contributed by atoms with Crippen LogP contribution < -0.4 is 5.56 Å². The third kappa shape index (κ3) is 2.43. The fourth-order valence-electron chi connectivity index (χ4n) is 1.59. The zero-order chi connectivity index (χ0) is 13.3. The molecule has 5 nitrogen and oxygen atoms in total. The normalized spacial score (nSPS) is 10.6. The lowest BCUT2D eigenvalue weighted by atomic mass is 10.3. The molecule has 1 N–H and O–H groups in total. The van der Waals surface area contributed by atoms with Crippen LogP contribution in [0.15, 0.2) is 27.7 Å². The van der Waals surface area contributed by atoms with E-state index >= 15 is 0 Å². The Hall–Kier alpha value is -1.69. The second-order valence-corrected chi connectivity index (χ2v) is 4.82. The van der Waals surface area contributed by atoms with Gasteiger partial charge in [-0.2, -0.15) is 0 Å². The molecule has 0 aliphatic rings. The van der Waals surface area contributed by atoms with E-state index in [9.17, 15) is 9.90 Å². The number of hydrogen-bond donors (Lipinski definition) is 1. The van der Waals surface area contributed by atoms with Crippen LogP contribution in [0.2, 0.25) is 0 Å². The van der Waals surface area contributed by atoms with Crippen molar-refractivity contribution in [3.8, 4) is 5.75 Å². The summed E-state index contributed by atoms with van der Waals surface area (Å²) < 4.78 is 1.69. The number of aromatic hydroxyl groups is 1. The Kier molecular flexibility index (Phi) is 3.47. The molecule has 2 heterocycles. The molecule has 2 aromatic rings. The van der Waals surface area contributed by atoms with E-state index in [4.69, 9.17) is 0 Å². The van der Waals surface area contributed by atoms with E-state index < -0.39 is 0 Å². The van der Waals surface area contributed by atoms with E-state index in [0.29, 0.717) is 17.9 Å². The van der Waals surface area contributed by atoms with Gasteiger partial charge in [0.1, 0.15) is 10.2 Å². The summed E-state index contributed by atoms with van der Waals surface area (Å²) in [7, 11) is 0. The molecule has 94 valence electrons. The Bertz CT molecular complexity index is 635. The highest BCUT2D eigenvalue weighted by Gasteiger charge is 2.10. The fraction of sp³-hybridized carbons (Fsp3) is 0.250. The van der Waals surface area contributed by atoms with E-state index in [-0.39, 0.29) is 15.8 Å². The molecular weight excluding hydrogens is 298 g/mol. The van der Waals surface area contributed by atoms with Gasteiger partial charge in [0.25, 0.3) is 5.56 Å². The Morgan fingerprint density at radius 1 is 1.33 bits per heavy atom. The smallest absolute Gasteiger partial charge is 0.269 e. The predicted octanol–water partition coefficient (Wildman–Crippen LogP) is 1.77. The Balaban J connectivity index is 2.44. The summed E-state index contributed by atoms with van der Waals surface area (Å²) in [5.41, 5.74) is 1.91. The van der Waals surface area contributed by atoms with Crippen molar-refractivity contribution in [3.05, 3.63) is 50.4 Å². The molecule has 0 radical (unpaired) electrons. The van der Waals surface area contributed by atoms with Crippen molar-refractivity contribution in [1.82, 2.24) is 14.5 Å². The number of aromatic nitrogens is 3. The fourth-order valence-corrected chi connectivity index (χ4v) is 1.92. The number of hydrogen-bond acceptors (Lipinski definition) is 4. The molecule has 0 bridgehead atoms. The van der Waals surface area contributed by atoms with Crippen molar-refractivity contribution in [3.63, 3.8) is 0 Å². The highest BCUT2D eigenvalue weighted by Crippen LogP contribution is 2.20. The van der Waals surface area contributed by atoms with Gasteiger partial charge in [0.2, 0.25) is 0 Å². The predicted molar refractivity (Wildman–Crippen MR) is 70.7 cm³/mol. The summed E-state index contributed by atoms with van der Waals surface area (Å²) in [6.07, 6.45) is 3.30. The van der Waals surface area contributed by atoms with Crippen LogP contribution in [0, 0.1) is 13.8 Å². The van der Waals surface area contributed by atoms with Crippen LogP contribution in [0.4, 0.5) is 0 Å². The molecule has 0 amide bonds. The number of rotatable bonds is 2. The van der Waals surface area contributed by atoms with Crippen molar-refractivity contribution in [1.29, 1.82) is 0 Å². The first kappa shape index (κ1) is 12.8. The van der Waals surface area contributed by atoms with E-state index in [2.05, 4.69) is 25.9 Å². The molecule has 0 saturated heterocycles. The van der Waals surface area contributed by atoms with Gasteiger partial charge in [-0.25, -0.2) is 0 Å². The van der Waals surface area contributed by atoms with Gasteiger partial charge in [-0.15, -0.1) is 0 Å². The second-order valence-electron chi connectivity index (χ2n) is 4.03. The minimum atomic E-state index is -0.283. The van der Waals surface area contributed by atoms with Crippen molar-refractivity contribution in [2.75, 3.05) is 0 Å². The van der Waals surface area contributed by atoms with Crippen molar-refractivity contribution in [2.45, 2.75) is 20.4 Å². The maximum atomic E-state index is 12.0. The Morgan fingerprint density at radius 3 is 2.67 bits per heavy atom. The van der Waals surface area contributed by atoms with Gasteiger partial charge in [0, 0.05) is 18.0 Å². The van der Waals surface area contributed by atoms with Crippen molar-refractivity contribution >= 4 is 15.9 Å². The monoisotopic (exact) mass is 309 g/mol. The minimum Gasteiger partial charge on any atom is -0.506 e. The third-order valence-corrected chi connectivity index (χ3v) is 3.33. The highest BCUT2D eigenvalue weighted by molar-refractivity contribution is 9.10. The third-order valence-electron chi connectivity index (χ3n) is 2.58. The van der Waals surface area contributed by atoms with Crippen molar-refractivity contribution in [2.24, 2.45) is 0 Å². The van der Waals surface area contributed by atoms with E-state index in [1.165, 1.54) is 10.6 Å². The first-order valence-corrected chi connectivity index (χ1v) is 6.15. The van der Waals surface area contributed by atoms with Gasteiger partial charge in [-0.1, -0.05) is 0 Å². The van der Waals surface area contributed by atoms with Crippen LogP contribution in [-0.2, 0) is 6.54 Å². The summed E-state index contributed by atoms with van der Waals surface area (Å²) in [5.74, 6) is -0.0521. The van der Waals surface area contributed by atoms with Crippen LogP contribution in [0.25, 0.3) is 0 Å². The first-order valence-electron chi connectivity index (χ1n) is 5.35. The molecule has 6 heteroatoms. The van der Waals surface area contributed by atoms with Gasteiger partial charge < -0.3 is 9.67 Å². The van der Waals surface area contributed by atoms with Crippen LogP contribution in [0.5, 0.6) is 5.75 Å². The standard InChI is InChI=1S/C12H12BrN3O2/c1-7-4-15-9(5-14-7)6-16-8(2)3-10(17)11(13)12(16)18/h3-5,17H,6H2,1-2H3. The molecule has 0 saturated carbocycles. The quantitative estimate of drug-likeness (QED) is 0.918. The van der Waals surface area contributed by atoms with Gasteiger partial charge in [0.15, 0.2) is 0 Å². The Morgan fingerprint density at radius 2 is 2.06 bits per heavy atom. The van der Waals surface area contributed by atoms with Gasteiger partial charge in [-0.05, 0) is 29.8 Å². The average Bonchev–Trinajstić information content (AvgIpc) is 2.34. The largest absolute Gasteiger partial charge is 0.506 e. The maximum absolute atomic E-state index is 12.0. The molecule has 0 unspecified atom stereocenters. The molecule has 2 aromatic heterocycles. The second kappa shape index (κ2) is 4.89. The molecule has 18 heavy (non-hydrogen) atoms. The average molecular weight is 310 g/mol. The number of aryl methyl sites for hydroxylation is 2. The van der Waals surface area contributed by atoms with Crippen LogP contribution in [0.1, 0.15) is 17.1 Å². The maximum Gasteiger partial charge on any atom is 0.269 e. The van der Waals surface area contributed by atoms with E-state index in [1.807, 2.05) is 6.92 Å². The number of halogens is 1. The topological polar surface area (TPSA) is 68.0 Å². The molecule has 0 fully saturated rings. The summed E-state index contributed by atoms with van der Waals surface area (Å²) >= 11 is 3.07. The molecule has 0 aliphatic heterocycles. The Labute approximate surface area is 112 Å². The first-order chi connectivity index (χ1) is 8.49. The summed E-state index contributed by atoms with van der Waals surface area (Å²) in [4.78, 5) is 20.3. The zero-order valence-electron chi connectivity index (χ0n) is 10.0. The van der Waals surface area contributed by atoms with E-state index in [1.54, 1.807) is 19.3 Å². The minimum absolute atomic E-state index is 0.0521. The lowest BCUT2D eigenvalue weighted by Crippen LogP contribution is -2.23. The van der Waals surface area contributed by atoms with Gasteiger partial charge in [-0.3, -0.25) is 14.8 Å². The summed E-state index contributed by atoms with van der Waals surface area (Å²) in [6.45, 7) is 3.94. The summed E-state index contributed by atoms with van der Waals surface area (Å²) in [6, 6.07) is 1.53. The SMILES string of the molecule is Cc1cnc(Cn2c(C)cc(O)c(Br)c2=O)cn1. The van der Waals surface area contributed by atoms with Crippen LogP contribution in [0.3, 0.4) is 0 Å². The van der Waals surface area contributed by atoms with E-state index in [0.717, 1.165) is 5.69 Å². The summed E-state index contributed by atoms with van der Waals surface area (Å²) in [5, 5.41) is 9.52. The van der Waals surface area contributed by atoms with Gasteiger partial charge in [0.05, 0.1) is 24.1 Å². The lowest BCUT2D eigenvalue weighted by Gasteiger charge is -2.10. The molecule has 0 aliphatic carbocycles. The zero-order valence-corrected chi connectivity index (χ0v) is 11.6. The number of pyridine rings is 1. The molecule has 0 aromatic carbocycles. The molecule has 2 rings (SSSR count). The lowest BCUT2D eigenvalue weighted by molar-refractivity contribution is 0.466. The van der Waals surface area contributed by atoms with Crippen LogP contribution in [-0.4, -0.2) is 19.6 Å². The van der Waals surface area contributed by atoms with Gasteiger partial charge >= 0.3 is 0 Å². The molecule has 0 spiro atoms.